The number of amides is 1. The minimum Gasteiger partial charge on any atom is -0.372 e. The lowest BCUT2D eigenvalue weighted by atomic mass is 10.1. The Balaban J connectivity index is 1.27. The van der Waals surface area contributed by atoms with Gasteiger partial charge in [-0.25, -0.2) is 12.8 Å². The van der Waals surface area contributed by atoms with E-state index in [2.05, 4.69) is 27.1 Å². The lowest BCUT2D eigenvalue weighted by Crippen LogP contribution is -2.24. The van der Waals surface area contributed by atoms with E-state index in [9.17, 15) is 17.6 Å². The predicted octanol–water partition coefficient (Wildman–Crippen LogP) is 4.09. The van der Waals surface area contributed by atoms with Crippen LogP contribution >= 0.6 is 0 Å². The van der Waals surface area contributed by atoms with Crippen molar-refractivity contribution in [2.24, 2.45) is 0 Å². The summed E-state index contributed by atoms with van der Waals surface area (Å²) in [4.78, 5) is 14.7. The number of benzene rings is 3. The molecule has 6 nitrogen and oxygen atoms in total. The van der Waals surface area contributed by atoms with Gasteiger partial charge in [-0.1, -0.05) is 24.3 Å². The van der Waals surface area contributed by atoms with Crippen LogP contribution < -0.4 is 14.9 Å². The molecule has 0 aromatic heterocycles. The molecule has 1 aliphatic rings. The van der Waals surface area contributed by atoms with E-state index in [0.717, 1.165) is 36.3 Å². The third kappa shape index (κ3) is 6.10. The molecule has 1 fully saturated rings. The summed E-state index contributed by atoms with van der Waals surface area (Å²) in [5.74, 6) is -0.617. The maximum Gasteiger partial charge on any atom is 0.261 e. The Morgan fingerprint density at radius 1 is 0.848 bits per heavy atom. The van der Waals surface area contributed by atoms with Crippen LogP contribution in [-0.2, 0) is 27.8 Å². The second-order valence-corrected chi connectivity index (χ2v) is 9.75. The fourth-order valence-corrected chi connectivity index (χ4v) is 4.83. The Morgan fingerprint density at radius 2 is 1.45 bits per heavy atom. The van der Waals surface area contributed by atoms with Gasteiger partial charge in [0.1, 0.15) is 5.82 Å². The second-order valence-electron chi connectivity index (χ2n) is 8.07. The zero-order chi connectivity index (χ0) is 23.3. The van der Waals surface area contributed by atoms with Gasteiger partial charge in [-0.3, -0.25) is 9.52 Å². The summed E-state index contributed by atoms with van der Waals surface area (Å²) in [5, 5.41) is 2.92. The lowest BCUT2D eigenvalue weighted by Gasteiger charge is -2.17. The van der Waals surface area contributed by atoms with E-state index in [1.165, 1.54) is 30.7 Å². The number of nitrogens with zero attached hydrogens (tertiary/aromatic N) is 1. The summed E-state index contributed by atoms with van der Waals surface area (Å²) in [5.41, 5.74) is 3.39. The Morgan fingerprint density at radius 3 is 2.09 bits per heavy atom. The quantitative estimate of drug-likeness (QED) is 0.523. The molecule has 1 saturated heterocycles. The van der Waals surface area contributed by atoms with Gasteiger partial charge in [-0.15, -0.1) is 0 Å². The third-order valence-electron chi connectivity index (χ3n) is 5.59. The van der Waals surface area contributed by atoms with Crippen molar-refractivity contribution >= 4 is 27.3 Å². The number of rotatable bonds is 8. The van der Waals surface area contributed by atoms with Crippen LogP contribution in [0.4, 0.5) is 15.8 Å². The number of nitrogens with one attached hydrogen (secondary N) is 2. The summed E-state index contributed by atoms with van der Waals surface area (Å²) in [7, 11) is -3.81. The average molecular weight is 468 g/mol. The highest BCUT2D eigenvalue weighted by Crippen LogP contribution is 2.20. The molecule has 4 rings (SSSR count). The first-order valence-corrected chi connectivity index (χ1v) is 12.4. The molecule has 0 atom stereocenters. The van der Waals surface area contributed by atoms with Gasteiger partial charge in [0.15, 0.2) is 0 Å². The monoisotopic (exact) mass is 467 g/mol. The molecule has 0 spiro atoms. The molecule has 0 saturated carbocycles. The average Bonchev–Trinajstić information content (AvgIpc) is 3.35. The Hall–Kier alpha value is -3.39. The van der Waals surface area contributed by atoms with E-state index in [1.54, 1.807) is 24.3 Å². The fraction of sp³-hybridized carbons (Fsp3) is 0.240. The van der Waals surface area contributed by atoms with Crippen LogP contribution in [0.5, 0.6) is 0 Å². The SMILES string of the molecule is O=C(Cc1ccc(NS(=O)(=O)c2ccc(F)cc2)cc1)NCc1ccc(N2CCCC2)cc1. The van der Waals surface area contributed by atoms with Crippen LogP contribution in [0.1, 0.15) is 24.0 Å². The Bertz CT molecular complexity index is 1190. The summed E-state index contributed by atoms with van der Waals surface area (Å²) in [6.45, 7) is 2.65. The van der Waals surface area contributed by atoms with Gasteiger partial charge >= 0.3 is 0 Å². The number of halogens is 1. The number of hydrogen-bond acceptors (Lipinski definition) is 4. The third-order valence-corrected chi connectivity index (χ3v) is 6.99. The van der Waals surface area contributed by atoms with Gasteiger partial charge in [0.25, 0.3) is 10.0 Å². The first-order valence-electron chi connectivity index (χ1n) is 10.9. The highest BCUT2D eigenvalue weighted by molar-refractivity contribution is 7.92. The standard InChI is InChI=1S/C25H26FN3O3S/c26-21-7-13-24(14-8-21)33(31,32)28-22-9-3-19(4-10-22)17-25(30)27-18-20-5-11-23(12-6-20)29-15-1-2-16-29/h3-14,28H,1-2,15-18H2,(H,27,30). The number of carbonyl (C=O) groups excluding carboxylic acids is 1. The zero-order valence-corrected chi connectivity index (χ0v) is 18.9. The summed E-state index contributed by atoms with van der Waals surface area (Å²) < 4.78 is 40.3. The van der Waals surface area contributed by atoms with E-state index in [1.807, 2.05) is 12.1 Å². The Kier molecular flexibility index (Phi) is 6.93. The Labute approximate surface area is 193 Å². The number of hydrogen-bond donors (Lipinski definition) is 2. The minimum absolute atomic E-state index is 0.0270. The second kappa shape index (κ2) is 10.0. The number of sulfonamides is 1. The topological polar surface area (TPSA) is 78.5 Å². The van der Waals surface area contributed by atoms with Gasteiger partial charge in [-0.2, -0.15) is 0 Å². The highest BCUT2D eigenvalue weighted by Gasteiger charge is 2.15. The number of carbonyl (C=O) groups is 1. The predicted molar refractivity (Wildman–Crippen MR) is 127 cm³/mol. The van der Waals surface area contributed by atoms with E-state index >= 15 is 0 Å². The smallest absolute Gasteiger partial charge is 0.261 e. The van der Waals surface area contributed by atoms with Crippen LogP contribution in [0.25, 0.3) is 0 Å². The van der Waals surface area contributed by atoms with Gasteiger partial charge < -0.3 is 10.2 Å². The summed E-state index contributed by atoms with van der Waals surface area (Å²) in [6, 6.07) is 19.5. The van der Waals surface area contributed by atoms with Crippen molar-refractivity contribution in [1.29, 1.82) is 0 Å². The van der Waals surface area contributed by atoms with Gasteiger partial charge in [0, 0.05) is 31.0 Å². The maximum atomic E-state index is 13.0. The van der Waals surface area contributed by atoms with Crippen LogP contribution in [-0.4, -0.2) is 27.4 Å². The van der Waals surface area contributed by atoms with Crippen LogP contribution in [0.2, 0.25) is 0 Å². The van der Waals surface area contributed by atoms with E-state index < -0.39 is 15.8 Å². The maximum absolute atomic E-state index is 13.0. The highest BCUT2D eigenvalue weighted by atomic mass is 32.2. The van der Waals surface area contributed by atoms with Crippen LogP contribution in [0.15, 0.2) is 77.7 Å². The van der Waals surface area contributed by atoms with Gasteiger partial charge in [0.05, 0.1) is 11.3 Å². The van der Waals surface area contributed by atoms with E-state index in [-0.39, 0.29) is 17.2 Å². The molecule has 3 aromatic carbocycles. The molecule has 1 amide bonds. The molecule has 0 unspecified atom stereocenters. The summed E-state index contributed by atoms with van der Waals surface area (Å²) in [6.07, 6.45) is 2.66. The molecule has 0 radical (unpaired) electrons. The van der Waals surface area contributed by atoms with E-state index in [4.69, 9.17) is 0 Å². The normalized spacial score (nSPS) is 13.7. The van der Waals surface area contributed by atoms with Crippen molar-refractivity contribution in [1.82, 2.24) is 5.32 Å². The van der Waals surface area contributed by atoms with Crippen molar-refractivity contribution in [3.05, 3.63) is 89.7 Å². The van der Waals surface area contributed by atoms with Crippen LogP contribution in [0.3, 0.4) is 0 Å². The van der Waals surface area contributed by atoms with Gasteiger partial charge in [0.2, 0.25) is 5.91 Å². The molecule has 33 heavy (non-hydrogen) atoms. The minimum atomic E-state index is -3.81. The molecule has 8 heteroatoms. The molecular formula is C25H26FN3O3S. The first-order chi connectivity index (χ1) is 15.9. The van der Waals surface area contributed by atoms with Gasteiger partial charge in [-0.05, 0) is 72.5 Å². The molecule has 3 aromatic rings. The molecule has 172 valence electrons. The largest absolute Gasteiger partial charge is 0.372 e. The first kappa shape index (κ1) is 22.8. The van der Waals surface area contributed by atoms with Crippen molar-refractivity contribution in [2.45, 2.75) is 30.7 Å². The van der Waals surface area contributed by atoms with Crippen molar-refractivity contribution < 1.29 is 17.6 Å². The van der Waals surface area contributed by atoms with Crippen molar-refractivity contribution in [2.75, 3.05) is 22.7 Å². The number of anilines is 2. The molecule has 0 bridgehead atoms. The zero-order valence-electron chi connectivity index (χ0n) is 18.1. The molecule has 1 aliphatic heterocycles. The van der Waals surface area contributed by atoms with Crippen molar-refractivity contribution in [3.8, 4) is 0 Å². The van der Waals surface area contributed by atoms with Crippen molar-refractivity contribution in [3.63, 3.8) is 0 Å². The molecular weight excluding hydrogens is 441 g/mol. The fourth-order valence-electron chi connectivity index (χ4n) is 3.77. The molecule has 1 heterocycles. The van der Waals surface area contributed by atoms with E-state index in [0.29, 0.717) is 12.2 Å². The lowest BCUT2D eigenvalue weighted by molar-refractivity contribution is -0.120. The van der Waals surface area contributed by atoms with Crippen LogP contribution in [0, 0.1) is 5.82 Å². The summed E-state index contributed by atoms with van der Waals surface area (Å²) >= 11 is 0. The molecule has 2 N–H and O–H groups in total. The molecule has 0 aliphatic carbocycles.